The molecule has 1 atom stereocenters. The molecule has 1 aliphatic rings. The molecule has 2 heteroatoms. The molecule has 1 unspecified atom stereocenters. The Bertz CT molecular complexity index is 388. The van der Waals surface area contributed by atoms with Crippen LogP contribution in [-0.4, -0.2) is 17.5 Å². The molecule has 1 heterocycles. The maximum Gasteiger partial charge on any atom is 0.0980 e. The van der Waals surface area contributed by atoms with Gasteiger partial charge in [-0.15, -0.1) is 0 Å². The molecule has 1 aliphatic heterocycles. The zero-order valence-electron chi connectivity index (χ0n) is 10.5. The number of rotatable bonds is 3. The maximum atomic E-state index is 9.13. The molecule has 2 nitrogen and oxygen atoms in total. The molecule has 17 heavy (non-hydrogen) atoms. The summed E-state index contributed by atoms with van der Waals surface area (Å²) < 4.78 is 0. The van der Waals surface area contributed by atoms with Crippen molar-refractivity contribution in [2.24, 2.45) is 0 Å². The van der Waals surface area contributed by atoms with Gasteiger partial charge in [0.05, 0.1) is 12.1 Å². The predicted molar refractivity (Wildman–Crippen MR) is 69.5 cm³/mol. The van der Waals surface area contributed by atoms with E-state index in [1.165, 1.54) is 24.0 Å². The number of nitrogens with zero attached hydrogens (tertiary/aromatic N) is 2. The van der Waals surface area contributed by atoms with Crippen LogP contribution in [0.3, 0.4) is 0 Å². The molecule has 0 amide bonds. The van der Waals surface area contributed by atoms with Gasteiger partial charge in [0.1, 0.15) is 0 Å². The molecule has 0 saturated carbocycles. The molecule has 1 saturated heterocycles. The lowest BCUT2D eigenvalue weighted by Gasteiger charge is -2.31. The smallest absolute Gasteiger partial charge is 0.0980 e. The number of benzene rings is 1. The van der Waals surface area contributed by atoms with Crippen LogP contribution in [0, 0.1) is 11.3 Å². The van der Waals surface area contributed by atoms with Crippen molar-refractivity contribution >= 4 is 0 Å². The van der Waals surface area contributed by atoms with Gasteiger partial charge in [-0.1, -0.05) is 31.2 Å². The fourth-order valence-corrected chi connectivity index (χ4v) is 2.44. The van der Waals surface area contributed by atoms with E-state index in [2.05, 4.69) is 42.2 Å². The number of piperidine rings is 1. The lowest BCUT2D eigenvalue weighted by atomic mass is 10.0. The van der Waals surface area contributed by atoms with Crippen LogP contribution in [-0.2, 0) is 13.0 Å². The lowest BCUT2D eigenvalue weighted by molar-refractivity contribution is 0.176. The van der Waals surface area contributed by atoms with Crippen molar-refractivity contribution in [3.8, 4) is 6.07 Å². The minimum atomic E-state index is 0.120. The van der Waals surface area contributed by atoms with E-state index in [9.17, 15) is 0 Å². The molecular weight excluding hydrogens is 208 g/mol. The first-order valence-corrected chi connectivity index (χ1v) is 6.55. The lowest BCUT2D eigenvalue weighted by Crippen LogP contribution is -2.37. The van der Waals surface area contributed by atoms with E-state index < -0.39 is 0 Å². The summed E-state index contributed by atoms with van der Waals surface area (Å²) in [6.07, 6.45) is 4.54. The minimum absolute atomic E-state index is 0.120. The highest BCUT2D eigenvalue weighted by Gasteiger charge is 2.21. The summed E-state index contributed by atoms with van der Waals surface area (Å²) in [6, 6.07) is 11.3. The summed E-state index contributed by atoms with van der Waals surface area (Å²) >= 11 is 0. The Balaban J connectivity index is 2.01. The van der Waals surface area contributed by atoms with Crippen LogP contribution in [0.15, 0.2) is 24.3 Å². The average Bonchev–Trinajstić information content (AvgIpc) is 2.40. The second kappa shape index (κ2) is 5.84. The Hall–Kier alpha value is -1.33. The first-order chi connectivity index (χ1) is 8.33. The molecule has 2 rings (SSSR count). The molecule has 0 spiro atoms. The summed E-state index contributed by atoms with van der Waals surface area (Å²) in [5.41, 5.74) is 2.70. The summed E-state index contributed by atoms with van der Waals surface area (Å²) in [7, 11) is 0. The Morgan fingerprint density at radius 1 is 1.24 bits per heavy atom. The van der Waals surface area contributed by atoms with Crippen LogP contribution in [0.4, 0.5) is 0 Å². The van der Waals surface area contributed by atoms with Gasteiger partial charge in [-0.05, 0) is 43.4 Å². The molecule has 0 aromatic heterocycles. The SMILES string of the molecule is CCc1ccc(CN2CCCCC2C#N)cc1. The third-order valence-electron chi connectivity index (χ3n) is 3.58. The van der Waals surface area contributed by atoms with Gasteiger partial charge in [0, 0.05) is 6.54 Å². The van der Waals surface area contributed by atoms with Gasteiger partial charge in [-0.25, -0.2) is 0 Å². The van der Waals surface area contributed by atoms with E-state index >= 15 is 0 Å². The monoisotopic (exact) mass is 228 g/mol. The third-order valence-corrected chi connectivity index (χ3v) is 3.58. The summed E-state index contributed by atoms with van der Waals surface area (Å²) in [6.45, 7) is 4.15. The fourth-order valence-electron chi connectivity index (χ4n) is 2.44. The second-order valence-corrected chi connectivity index (χ2v) is 4.78. The minimum Gasteiger partial charge on any atom is -0.284 e. The number of hydrogen-bond donors (Lipinski definition) is 0. The summed E-state index contributed by atoms with van der Waals surface area (Å²) in [5.74, 6) is 0. The Kier molecular flexibility index (Phi) is 4.17. The number of nitriles is 1. The maximum absolute atomic E-state index is 9.13. The van der Waals surface area contributed by atoms with Crippen molar-refractivity contribution in [2.75, 3.05) is 6.54 Å². The molecule has 1 aromatic carbocycles. The molecule has 0 bridgehead atoms. The van der Waals surface area contributed by atoms with Crippen LogP contribution in [0.1, 0.15) is 37.3 Å². The van der Waals surface area contributed by atoms with Crippen molar-refractivity contribution in [2.45, 2.75) is 45.2 Å². The first kappa shape index (κ1) is 12.1. The zero-order valence-corrected chi connectivity index (χ0v) is 10.5. The van der Waals surface area contributed by atoms with E-state index in [-0.39, 0.29) is 6.04 Å². The molecule has 1 fully saturated rings. The number of likely N-dealkylation sites (tertiary alicyclic amines) is 1. The fraction of sp³-hybridized carbons (Fsp3) is 0.533. The van der Waals surface area contributed by atoms with Gasteiger partial charge in [0.25, 0.3) is 0 Å². The van der Waals surface area contributed by atoms with Gasteiger partial charge < -0.3 is 0 Å². The van der Waals surface area contributed by atoms with Crippen LogP contribution >= 0.6 is 0 Å². The van der Waals surface area contributed by atoms with E-state index in [0.29, 0.717) is 0 Å². The predicted octanol–water partition coefficient (Wildman–Crippen LogP) is 3.13. The highest BCUT2D eigenvalue weighted by atomic mass is 15.2. The van der Waals surface area contributed by atoms with Crippen LogP contribution < -0.4 is 0 Å². The third kappa shape index (κ3) is 3.08. The number of hydrogen-bond acceptors (Lipinski definition) is 2. The van der Waals surface area contributed by atoms with Crippen LogP contribution in [0.25, 0.3) is 0 Å². The number of aryl methyl sites for hydroxylation is 1. The Morgan fingerprint density at radius 2 is 1.94 bits per heavy atom. The highest BCUT2D eigenvalue weighted by molar-refractivity contribution is 5.22. The topological polar surface area (TPSA) is 27.0 Å². The van der Waals surface area contributed by atoms with Gasteiger partial charge in [0.15, 0.2) is 0 Å². The van der Waals surface area contributed by atoms with Crippen molar-refractivity contribution in [1.29, 1.82) is 5.26 Å². The Morgan fingerprint density at radius 3 is 2.59 bits per heavy atom. The van der Waals surface area contributed by atoms with Gasteiger partial charge in [0.2, 0.25) is 0 Å². The van der Waals surface area contributed by atoms with Crippen molar-refractivity contribution in [3.63, 3.8) is 0 Å². The summed E-state index contributed by atoms with van der Waals surface area (Å²) in [4.78, 5) is 2.31. The molecular formula is C15H20N2. The van der Waals surface area contributed by atoms with Crippen LogP contribution in [0.5, 0.6) is 0 Å². The molecule has 0 aliphatic carbocycles. The van der Waals surface area contributed by atoms with Crippen molar-refractivity contribution in [1.82, 2.24) is 4.90 Å². The molecule has 1 aromatic rings. The van der Waals surface area contributed by atoms with E-state index in [0.717, 1.165) is 25.9 Å². The first-order valence-electron chi connectivity index (χ1n) is 6.55. The van der Waals surface area contributed by atoms with Crippen molar-refractivity contribution in [3.05, 3.63) is 35.4 Å². The van der Waals surface area contributed by atoms with Gasteiger partial charge >= 0.3 is 0 Å². The largest absolute Gasteiger partial charge is 0.284 e. The second-order valence-electron chi connectivity index (χ2n) is 4.78. The molecule has 0 N–H and O–H groups in total. The van der Waals surface area contributed by atoms with E-state index in [4.69, 9.17) is 5.26 Å². The normalized spacial score (nSPS) is 21.1. The molecule has 0 radical (unpaired) electrons. The zero-order chi connectivity index (χ0) is 12.1. The Labute approximate surface area is 104 Å². The van der Waals surface area contributed by atoms with Crippen molar-refractivity contribution < 1.29 is 0 Å². The standard InChI is InChI=1S/C15H20N2/c1-2-13-6-8-14(9-7-13)12-17-10-4-3-5-15(17)11-16/h6-9,15H,2-5,10,12H2,1H3. The van der Waals surface area contributed by atoms with Gasteiger partial charge in [-0.2, -0.15) is 5.26 Å². The van der Waals surface area contributed by atoms with Crippen LogP contribution in [0.2, 0.25) is 0 Å². The highest BCUT2D eigenvalue weighted by Crippen LogP contribution is 2.19. The average molecular weight is 228 g/mol. The quantitative estimate of drug-likeness (QED) is 0.794. The summed E-state index contributed by atoms with van der Waals surface area (Å²) in [5, 5.41) is 9.13. The van der Waals surface area contributed by atoms with E-state index in [1.807, 2.05) is 0 Å². The molecule has 90 valence electrons. The van der Waals surface area contributed by atoms with E-state index in [1.54, 1.807) is 0 Å². The van der Waals surface area contributed by atoms with Gasteiger partial charge in [-0.3, -0.25) is 4.90 Å².